The van der Waals surface area contributed by atoms with E-state index in [0.717, 1.165) is 18.0 Å². The van der Waals surface area contributed by atoms with Crippen molar-refractivity contribution in [3.8, 4) is 0 Å². The number of hydrogen-bond acceptors (Lipinski definition) is 2. The third-order valence-electron chi connectivity index (χ3n) is 1.91. The summed E-state index contributed by atoms with van der Waals surface area (Å²) in [5, 5.41) is 6.31. The fourth-order valence-electron chi connectivity index (χ4n) is 0.863. The van der Waals surface area contributed by atoms with Gasteiger partial charge < -0.3 is 5.32 Å². The Morgan fingerprint density at radius 2 is 2.42 bits per heavy atom. The van der Waals surface area contributed by atoms with Crippen molar-refractivity contribution in [2.45, 2.75) is 32.9 Å². The summed E-state index contributed by atoms with van der Waals surface area (Å²) in [7, 11) is 0. The van der Waals surface area contributed by atoms with Gasteiger partial charge in [-0.25, -0.2) is 0 Å². The minimum Gasteiger partial charge on any atom is -0.309 e. The normalized spacial score (nSPS) is 13.2. The highest BCUT2D eigenvalue weighted by Crippen LogP contribution is 2.21. The van der Waals surface area contributed by atoms with Gasteiger partial charge in [0.05, 0.1) is 5.02 Å². The molecule has 1 rings (SSSR count). The largest absolute Gasteiger partial charge is 0.309 e. The van der Waals surface area contributed by atoms with Crippen molar-refractivity contribution in [1.82, 2.24) is 5.32 Å². The maximum atomic E-state index is 5.94. The first-order valence-electron chi connectivity index (χ1n) is 4.19. The predicted octanol–water partition coefficient (Wildman–Crippen LogP) is 3.29. The van der Waals surface area contributed by atoms with Crippen LogP contribution in [-0.2, 0) is 6.54 Å². The predicted molar refractivity (Wildman–Crippen MR) is 55.9 cm³/mol. The third kappa shape index (κ3) is 2.77. The van der Waals surface area contributed by atoms with Gasteiger partial charge in [0.15, 0.2) is 0 Å². The highest BCUT2D eigenvalue weighted by molar-refractivity contribution is 7.10. The fourth-order valence-corrected chi connectivity index (χ4v) is 1.92. The fraction of sp³-hybridized carbons (Fsp3) is 0.556. The molecule has 0 aliphatic heterocycles. The van der Waals surface area contributed by atoms with Crippen LogP contribution in [0.15, 0.2) is 11.4 Å². The molecule has 1 N–H and O–H groups in total. The summed E-state index contributed by atoms with van der Waals surface area (Å²) in [5.41, 5.74) is 0. The van der Waals surface area contributed by atoms with Crippen molar-refractivity contribution in [2.24, 2.45) is 0 Å². The van der Waals surface area contributed by atoms with Gasteiger partial charge >= 0.3 is 0 Å². The Hall–Kier alpha value is -0.0500. The molecule has 12 heavy (non-hydrogen) atoms. The van der Waals surface area contributed by atoms with Crippen LogP contribution in [0.25, 0.3) is 0 Å². The Balaban J connectivity index is 2.38. The molecular weight excluding hydrogens is 190 g/mol. The molecule has 0 fully saturated rings. The van der Waals surface area contributed by atoms with E-state index in [-0.39, 0.29) is 0 Å². The summed E-state index contributed by atoms with van der Waals surface area (Å²) < 4.78 is 0. The summed E-state index contributed by atoms with van der Waals surface area (Å²) in [5.74, 6) is 0. The zero-order chi connectivity index (χ0) is 8.97. The van der Waals surface area contributed by atoms with Crippen molar-refractivity contribution >= 4 is 22.9 Å². The molecule has 0 radical (unpaired) electrons. The lowest BCUT2D eigenvalue weighted by Gasteiger charge is -2.09. The van der Waals surface area contributed by atoms with E-state index in [1.807, 2.05) is 11.4 Å². The van der Waals surface area contributed by atoms with E-state index in [2.05, 4.69) is 19.2 Å². The van der Waals surface area contributed by atoms with Gasteiger partial charge in [0.2, 0.25) is 0 Å². The van der Waals surface area contributed by atoms with Gasteiger partial charge in [-0.3, -0.25) is 0 Å². The van der Waals surface area contributed by atoms with Crippen LogP contribution in [0.5, 0.6) is 0 Å². The lowest BCUT2D eigenvalue weighted by molar-refractivity contribution is 0.537. The topological polar surface area (TPSA) is 12.0 Å². The molecule has 1 nitrogen and oxygen atoms in total. The Morgan fingerprint density at radius 3 is 2.92 bits per heavy atom. The second kappa shape index (κ2) is 4.85. The zero-order valence-electron chi connectivity index (χ0n) is 7.43. The zero-order valence-corrected chi connectivity index (χ0v) is 9.00. The Kier molecular flexibility index (Phi) is 4.06. The quantitative estimate of drug-likeness (QED) is 0.792. The van der Waals surface area contributed by atoms with E-state index in [1.54, 1.807) is 11.3 Å². The summed E-state index contributed by atoms with van der Waals surface area (Å²) in [6, 6.07) is 2.52. The molecule has 1 aromatic heterocycles. The van der Waals surface area contributed by atoms with Gasteiger partial charge in [0.1, 0.15) is 0 Å². The van der Waals surface area contributed by atoms with E-state index in [4.69, 9.17) is 11.6 Å². The number of hydrogen-bond donors (Lipinski definition) is 1. The van der Waals surface area contributed by atoms with Gasteiger partial charge in [-0.1, -0.05) is 18.5 Å². The van der Waals surface area contributed by atoms with Crippen LogP contribution in [0.1, 0.15) is 25.1 Å². The molecule has 0 aliphatic rings. The summed E-state index contributed by atoms with van der Waals surface area (Å²) >= 11 is 7.64. The first kappa shape index (κ1) is 10.0. The van der Waals surface area contributed by atoms with Crippen molar-refractivity contribution in [3.63, 3.8) is 0 Å². The van der Waals surface area contributed by atoms with Crippen molar-refractivity contribution < 1.29 is 0 Å². The molecule has 0 amide bonds. The molecule has 0 spiro atoms. The number of thiophene rings is 1. The van der Waals surface area contributed by atoms with Gasteiger partial charge in [0, 0.05) is 17.5 Å². The van der Waals surface area contributed by atoms with Crippen LogP contribution >= 0.6 is 22.9 Å². The van der Waals surface area contributed by atoms with E-state index in [0.29, 0.717) is 6.04 Å². The lowest BCUT2D eigenvalue weighted by atomic mass is 10.2. The number of nitrogens with one attached hydrogen (secondary N) is 1. The molecular formula is C9H14ClNS. The smallest absolute Gasteiger partial charge is 0.0558 e. The van der Waals surface area contributed by atoms with Crippen LogP contribution in [0.4, 0.5) is 0 Å². The van der Waals surface area contributed by atoms with E-state index in [1.165, 1.54) is 4.88 Å². The molecule has 68 valence electrons. The van der Waals surface area contributed by atoms with Crippen molar-refractivity contribution in [1.29, 1.82) is 0 Å². The Bertz CT molecular complexity index is 234. The Labute approximate surface area is 82.7 Å². The molecule has 1 heterocycles. The average Bonchev–Trinajstić information content (AvgIpc) is 2.47. The molecule has 1 atom stereocenters. The average molecular weight is 204 g/mol. The highest BCUT2D eigenvalue weighted by Gasteiger charge is 2.02. The standard InChI is InChI=1S/C9H14ClNS/c1-3-7(2)11-6-9-8(10)4-5-12-9/h4-5,7,11H,3,6H2,1-2H3. The summed E-state index contributed by atoms with van der Waals surface area (Å²) in [6.07, 6.45) is 1.16. The minimum absolute atomic E-state index is 0.572. The van der Waals surface area contributed by atoms with Crippen LogP contribution in [0, 0.1) is 0 Å². The molecule has 0 aromatic carbocycles. The maximum Gasteiger partial charge on any atom is 0.0558 e. The molecule has 0 aliphatic carbocycles. The van der Waals surface area contributed by atoms with Gasteiger partial charge in [-0.05, 0) is 24.8 Å². The minimum atomic E-state index is 0.572. The van der Waals surface area contributed by atoms with E-state index >= 15 is 0 Å². The highest BCUT2D eigenvalue weighted by atomic mass is 35.5. The monoisotopic (exact) mass is 203 g/mol. The summed E-state index contributed by atoms with van der Waals surface area (Å²) in [4.78, 5) is 1.23. The first-order chi connectivity index (χ1) is 5.74. The van der Waals surface area contributed by atoms with Crippen LogP contribution in [0.2, 0.25) is 5.02 Å². The molecule has 0 saturated heterocycles. The van der Waals surface area contributed by atoms with Gasteiger partial charge in [-0.15, -0.1) is 11.3 Å². The van der Waals surface area contributed by atoms with E-state index < -0.39 is 0 Å². The Morgan fingerprint density at radius 1 is 1.67 bits per heavy atom. The summed E-state index contributed by atoms with van der Waals surface area (Å²) in [6.45, 7) is 5.25. The SMILES string of the molecule is CCC(C)NCc1sccc1Cl. The van der Waals surface area contributed by atoms with Crippen LogP contribution < -0.4 is 5.32 Å². The molecule has 0 bridgehead atoms. The second-order valence-corrected chi connectivity index (χ2v) is 4.29. The van der Waals surface area contributed by atoms with Crippen LogP contribution in [-0.4, -0.2) is 6.04 Å². The molecule has 1 unspecified atom stereocenters. The first-order valence-corrected chi connectivity index (χ1v) is 5.45. The number of halogens is 1. The van der Waals surface area contributed by atoms with Crippen molar-refractivity contribution in [3.05, 3.63) is 21.3 Å². The lowest BCUT2D eigenvalue weighted by Crippen LogP contribution is -2.23. The van der Waals surface area contributed by atoms with Gasteiger partial charge in [0.25, 0.3) is 0 Å². The van der Waals surface area contributed by atoms with Crippen molar-refractivity contribution in [2.75, 3.05) is 0 Å². The second-order valence-electron chi connectivity index (χ2n) is 2.88. The molecule has 3 heteroatoms. The third-order valence-corrected chi connectivity index (χ3v) is 3.30. The van der Waals surface area contributed by atoms with Crippen LogP contribution in [0.3, 0.4) is 0 Å². The van der Waals surface area contributed by atoms with Gasteiger partial charge in [-0.2, -0.15) is 0 Å². The molecule has 0 saturated carbocycles. The van der Waals surface area contributed by atoms with E-state index in [9.17, 15) is 0 Å². The maximum absolute atomic E-state index is 5.94. The number of rotatable bonds is 4. The molecule has 1 aromatic rings.